The van der Waals surface area contributed by atoms with Crippen LogP contribution in [0.25, 0.3) is 33.5 Å². The molecule has 0 unspecified atom stereocenters. The largest absolute Gasteiger partial charge is 0.497 e. The Balaban J connectivity index is 1.29. The van der Waals surface area contributed by atoms with Gasteiger partial charge in [-0.2, -0.15) is 5.10 Å². The summed E-state index contributed by atoms with van der Waals surface area (Å²) in [6, 6.07) is 28.4. The maximum Gasteiger partial charge on any atom is 0.150 e. The van der Waals surface area contributed by atoms with Gasteiger partial charge in [0.25, 0.3) is 0 Å². The predicted molar refractivity (Wildman–Crippen MR) is 170 cm³/mol. The number of benzene rings is 4. The molecule has 42 heavy (non-hydrogen) atoms. The van der Waals surface area contributed by atoms with Crippen LogP contribution in [-0.2, 0) is 6.61 Å². The van der Waals surface area contributed by atoms with Crippen LogP contribution in [0.2, 0.25) is 5.02 Å². The minimum atomic E-state index is 0.294. The quantitative estimate of drug-likeness (QED) is 0.0849. The Hall–Kier alpha value is -4.49. The number of hydrogen-bond donors (Lipinski definition) is 2. The topological polar surface area (TPSA) is 101 Å². The summed E-state index contributed by atoms with van der Waals surface area (Å²) in [5, 5.41) is 4.37. The Bertz CT molecular complexity index is 1720. The van der Waals surface area contributed by atoms with Crippen molar-refractivity contribution in [3.8, 4) is 34.0 Å². The second-order valence-corrected chi connectivity index (χ2v) is 11.1. The van der Waals surface area contributed by atoms with Crippen LogP contribution >= 0.6 is 11.6 Å². The van der Waals surface area contributed by atoms with E-state index in [0.717, 1.165) is 69.0 Å². The number of fused-ring (bicyclic) bond motifs is 1. The molecule has 214 valence electrons. The van der Waals surface area contributed by atoms with E-state index in [4.69, 9.17) is 37.6 Å². The first-order valence-electron chi connectivity index (χ1n) is 14.3. The van der Waals surface area contributed by atoms with Crippen molar-refractivity contribution >= 4 is 28.5 Å². The Kier molecular flexibility index (Phi) is 8.02. The fourth-order valence-corrected chi connectivity index (χ4v) is 5.96. The summed E-state index contributed by atoms with van der Waals surface area (Å²) in [5.74, 6) is 8.24. The van der Waals surface area contributed by atoms with Crippen molar-refractivity contribution in [1.29, 1.82) is 0 Å². The van der Waals surface area contributed by atoms with Gasteiger partial charge in [-0.3, -0.25) is 0 Å². The van der Waals surface area contributed by atoms with Gasteiger partial charge in [0.05, 0.1) is 18.1 Å². The van der Waals surface area contributed by atoms with Crippen molar-refractivity contribution in [1.82, 2.24) is 9.55 Å². The summed E-state index contributed by atoms with van der Waals surface area (Å²) < 4.78 is 14.2. The molecule has 8 heteroatoms. The summed E-state index contributed by atoms with van der Waals surface area (Å²) in [6.07, 6.45) is 6.02. The fraction of sp³-hybridized carbons (Fsp3) is 0.235. The zero-order valence-corrected chi connectivity index (χ0v) is 24.3. The third kappa shape index (κ3) is 5.65. The Morgan fingerprint density at radius 1 is 0.905 bits per heavy atom. The minimum absolute atomic E-state index is 0.294. The molecule has 0 amide bonds. The van der Waals surface area contributed by atoms with Crippen molar-refractivity contribution < 1.29 is 9.47 Å². The molecular formula is C34H34ClN5O2. The average Bonchev–Trinajstić information content (AvgIpc) is 3.43. The Labute approximate surface area is 250 Å². The molecule has 1 fully saturated rings. The van der Waals surface area contributed by atoms with Crippen molar-refractivity contribution in [2.24, 2.45) is 16.7 Å². The van der Waals surface area contributed by atoms with Crippen LogP contribution < -0.4 is 21.1 Å². The van der Waals surface area contributed by atoms with Gasteiger partial charge in [0, 0.05) is 27.8 Å². The van der Waals surface area contributed by atoms with Gasteiger partial charge in [-0.05, 0) is 90.7 Å². The number of ether oxygens (including phenoxy) is 2. The van der Waals surface area contributed by atoms with Crippen molar-refractivity contribution in [3.05, 3.63) is 101 Å². The maximum atomic E-state index is 6.28. The van der Waals surface area contributed by atoms with E-state index in [0.29, 0.717) is 23.5 Å². The van der Waals surface area contributed by atoms with Gasteiger partial charge in [0.2, 0.25) is 0 Å². The van der Waals surface area contributed by atoms with Crippen molar-refractivity contribution in [2.75, 3.05) is 7.11 Å². The molecule has 1 aliphatic rings. The second kappa shape index (κ2) is 12.2. The Morgan fingerprint density at radius 3 is 2.33 bits per heavy atom. The first-order valence-corrected chi connectivity index (χ1v) is 14.6. The third-order valence-electron chi connectivity index (χ3n) is 8.04. The van der Waals surface area contributed by atoms with Gasteiger partial charge in [-0.1, -0.05) is 49.1 Å². The molecule has 1 saturated carbocycles. The molecule has 7 nitrogen and oxygen atoms in total. The number of rotatable bonds is 8. The van der Waals surface area contributed by atoms with E-state index in [1.807, 2.05) is 60.7 Å². The highest BCUT2D eigenvalue weighted by atomic mass is 35.5. The molecule has 1 heterocycles. The number of halogens is 1. The van der Waals surface area contributed by atoms with Crippen molar-refractivity contribution in [3.63, 3.8) is 0 Å². The van der Waals surface area contributed by atoms with Crippen LogP contribution in [0.1, 0.15) is 49.3 Å². The highest BCUT2D eigenvalue weighted by Crippen LogP contribution is 2.37. The monoisotopic (exact) mass is 579 g/mol. The average molecular weight is 580 g/mol. The van der Waals surface area contributed by atoms with Crippen LogP contribution in [-0.4, -0.2) is 22.5 Å². The van der Waals surface area contributed by atoms with Crippen LogP contribution in [0.5, 0.6) is 11.5 Å². The molecule has 0 saturated heterocycles. The second-order valence-electron chi connectivity index (χ2n) is 10.7. The number of aromatic nitrogens is 2. The first kappa shape index (κ1) is 27.7. The number of imidazole rings is 1. The summed E-state index contributed by atoms with van der Waals surface area (Å²) in [7, 11) is 1.67. The maximum absolute atomic E-state index is 6.28. The number of hydrogen-bond acceptors (Lipinski definition) is 5. The van der Waals surface area contributed by atoms with Gasteiger partial charge >= 0.3 is 0 Å². The molecule has 0 bridgehead atoms. The van der Waals surface area contributed by atoms with Crippen LogP contribution in [0.4, 0.5) is 0 Å². The van der Waals surface area contributed by atoms with E-state index in [-0.39, 0.29) is 0 Å². The van der Waals surface area contributed by atoms with Gasteiger partial charge in [0.15, 0.2) is 0 Å². The third-order valence-corrected chi connectivity index (χ3v) is 8.29. The SMILES string of the molecule is COc1ccc(-c2ccc(Cl)cc2)c(COc2ccc(-c3nc4cc(/C(N)=N/N)ccc4n3C3CCCCC3)cc2)c1. The standard InChI is InChI=1S/C34H34ClN5O2/c1-41-29-16-17-30(22-7-12-26(35)13-8-22)25(19-29)21-42-28-14-9-23(10-15-28)34-38-31-20-24(33(36)39-37)11-18-32(31)40(34)27-5-3-2-4-6-27/h7-20,27H,2-6,21,37H2,1H3,(H2,36,39). The summed E-state index contributed by atoms with van der Waals surface area (Å²) in [5.41, 5.74) is 12.9. The van der Waals surface area contributed by atoms with Crippen molar-refractivity contribution in [2.45, 2.75) is 44.8 Å². The van der Waals surface area contributed by atoms with Gasteiger partial charge in [0.1, 0.15) is 29.8 Å². The normalized spacial score (nSPS) is 14.3. The van der Waals surface area contributed by atoms with E-state index in [2.05, 4.69) is 33.9 Å². The molecule has 0 atom stereocenters. The number of nitrogens with zero attached hydrogens (tertiary/aromatic N) is 3. The first-order chi connectivity index (χ1) is 20.5. The van der Waals surface area contributed by atoms with Crippen LogP contribution in [0.15, 0.2) is 90.0 Å². The lowest BCUT2D eigenvalue weighted by Crippen LogP contribution is -2.15. The van der Waals surface area contributed by atoms with Gasteiger partial charge in [-0.25, -0.2) is 4.98 Å². The lowest BCUT2D eigenvalue weighted by molar-refractivity contribution is 0.306. The molecule has 1 aromatic heterocycles. The highest BCUT2D eigenvalue weighted by molar-refractivity contribution is 6.30. The molecule has 6 rings (SSSR count). The molecule has 4 N–H and O–H groups in total. The molecule has 1 aliphatic carbocycles. The fourth-order valence-electron chi connectivity index (χ4n) is 5.83. The molecule has 0 spiro atoms. The van der Waals surface area contributed by atoms with E-state index < -0.39 is 0 Å². The molecular weight excluding hydrogens is 546 g/mol. The van der Waals surface area contributed by atoms with Crippen LogP contribution in [0.3, 0.4) is 0 Å². The number of nitrogens with two attached hydrogens (primary N) is 2. The lowest BCUT2D eigenvalue weighted by atomic mass is 9.94. The summed E-state index contributed by atoms with van der Waals surface area (Å²) in [6.45, 7) is 0.391. The lowest BCUT2D eigenvalue weighted by Gasteiger charge is -2.25. The van der Waals surface area contributed by atoms with E-state index >= 15 is 0 Å². The number of amidine groups is 1. The number of methoxy groups -OCH3 is 1. The van der Waals surface area contributed by atoms with E-state index in [9.17, 15) is 0 Å². The van der Waals surface area contributed by atoms with E-state index in [1.54, 1.807) is 7.11 Å². The summed E-state index contributed by atoms with van der Waals surface area (Å²) >= 11 is 6.12. The minimum Gasteiger partial charge on any atom is -0.497 e. The Morgan fingerprint density at radius 2 is 1.62 bits per heavy atom. The van der Waals surface area contributed by atoms with E-state index in [1.165, 1.54) is 19.3 Å². The summed E-state index contributed by atoms with van der Waals surface area (Å²) in [4.78, 5) is 5.08. The zero-order chi connectivity index (χ0) is 29.1. The molecule has 4 aromatic carbocycles. The molecule has 5 aromatic rings. The van der Waals surface area contributed by atoms with Gasteiger partial charge in [-0.15, -0.1) is 0 Å². The zero-order valence-electron chi connectivity index (χ0n) is 23.6. The number of hydrazone groups is 1. The van der Waals surface area contributed by atoms with Gasteiger partial charge < -0.3 is 25.6 Å². The molecule has 0 radical (unpaired) electrons. The molecule has 0 aliphatic heterocycles. The highest BCUT2D eigenvalue weighted by Gasteiger charge is 2.23. The smallest absolute Gasteiger partial charge is 0.150 e. The van der Waals surface area contributed by atoms with Crippen LogP contribution in [0, 0.1) is 0 Å². The predicted octanol–water partition coefficient (Wildman–Crippen LogP) is 7.70.